The summed E-state index contributed by atoms with van der Waals surface area (Å²) in [6, 6.07) is 16.8. The van der Waals surface area contributed by atoms with Gasteiger partial charge < -0.3 is 4.74 Å². The van der Waals surface area contributed by atoms with E-state index in [-0.39, 0.29) is 18.1 Å². The molecule has 0 aliphatic rings. The second-order valence-corrected chi connectivity index (χ2v) is 6.34. The van der Waals surface area contributed by atoms with Crippen molar-refractivity contribution in [2.75, 3.05) is 0 Å². The quantitative estimate of drug-likeness (QED) is 0.508. The van der Waals surface area contributed by atoms with Gasteiger partial charge in [-0.15, -0.1) is 0 Å². The van der Waals surface area contributed by atoms with Crippen LogP contribution in [0.1, 0.15) is 5.69 Å². The topological polar surface area (TPSA) is 48.5 Å². The van der Waals surface area contributed by atoms with Gasteiger partial charge in [0.15, 0.2) is 0 Å². The van der Waals surface area contributed by atoms with Gasteiger partial charge in [0.1, 0.15) is 34.1 Å². The Kier molecular flexibility index (Phi) is 4.30. The zero-order valence-corrected chi connectivity index (χ0v) is 15.1. The average molecular weight is 414 g/mol. The summed E-state index contributed by atoms with van der Waals surface area (Å²) in [6.07, 6.45) is 1.62. The van der Waals surface area contributed by atoms with Crippen molar-refractivity contribution in [2.24, 2.45) is 0 Å². The van der Waals surface area contributed by atoms with Crippen LogP contribution in [0.5, 0.6) is 5.75 Å². The lowest BCUT2D eigenvalue weighted by molar-refractivity contribution is 0.301. The van der Waals surface area contributed by atoms with Crippen molar-refractivity contribution in [1.82, 2.24) is 14.0 Å². The van der Waals surface area contributed by atoms with Gasteiger partial charge in [0, 0.05) is 6.20 Å². The maximum Gasteiger partial charge on any atom is 0.339 e. The predicted molar refractivity (Wildman–Crippen MR) is 99.2 cm³/mol. The van der Waals surface area contributed by atoms with E-state index in [0.717, 1.165) is 5.75 Å². The molecule has 2 heterocycles. The standard InChI is InChI=1S/C19H13BrFN3O2/c20-18-16(12-26-15-4-2-1-3-5-15)22-17-10-11-23(19(25)24(17)18)14-8-6-13(21)7-9-14/h1-11H,12H2. The van der Waals surface area contributed by atoms with E-state index >= 15 is 0 Å². The molecule has 0 spiro atoms. The van der Waals surface area contributed by atoms with Crippen LogP contribution in [0.15, 0.2) is 76.3 Å². The van der Waals surface area contributed by atoms with Gasteiger partial charge in [-0.05, 0) is 58.4 Å². The van der Waals surface area contributed by atoms with Gasteiger partial charge in [0.25, 0.3) is 0 Å². The van der Waals surface area contributed by atoms with Gasteiger partial charge in [-0.3, -0.25) is 4.57 Å². The van der Waals surface area contributed by atoms with E-state index in [2.05, 4.69) is 20.9 Å². The number of halogens is 2. The number of fused-ring (bicyclic) bond motifs is 1. The fraction of sp³-hybridized carbons (Fsp3) is 0.0526. The van der Waals surface area contributed by atoms with Gasteiger partial charge in [0.05, 0.1) is 5.69 Å². The highest BCUT2D eigenvalue weighted by molar-refractivity contribution is 9.10. The van der Waals surface area contributed by atoms with Crippen LogP contribution in [-0.4, -0.2) is 14.0 Å². The summed E-state index contributed by atoms with van der Waals surface area (Å²) >= 11 is 3.44. The minimum atomic E-state index is -0.355. The van der Waals surface area contributed by atoms with Crippen molar-refractivity contribution in [2.45, 2.75) is 6.61 Å². The monoisotopic (exact) mass is 413 g/mol. The van der Waals surface area contributed by atoms with Crippen LogP contribution in [0.2, 0.25) is 0 Å². The number of hydrogen-bond acceptors (Lipinski definition) is 3. The lowest BCUT2D eigenvalue weighted by Crippen LogP contribution is -2.24. The molecule has 0 saturated heterocycles. The first-order valence-corrected chi connectivity index (χ1v) is 8.65. The van der Waals surface area contributed by atoms with Gasteiger partial charge in [0.2, 0.25) is 0 Å². The van der Waals surface area contributed by atoms with Gasteiger partial charge in [-0.25, -0.2) is 18.6 Å². The number of imidazole rings is 1. The van der Waals surface area contributed by atoms with Crippen molar-refractivity contribution in [3.63, 3.8) is 0 Å². The lowest BCUT2D eigenvalue weighted by Gasteiger charge is -2.06. The van der Waals surface area contributed by atoms with Crippen LogP contribution in [0.4, 0.5) is 4.39 Å². The summed E-state index contributed by atoms with van der Waals surface area (Å²) < 4.78 is 22.3. The second kappa shape index (κ2) is 6.76. The number of nitrogens with zero attached hydrogens (tertiary/aromatic N) is 3. The normalized spacial score (nSPS) is 11.0. The van der Waals surface area contributed by atoms with Crippen LogP contribution in [0.25, 0.3) is 11.3 Å². The van der Waals surface area contributed by atoms with Gasteiger partial charge in [-0.2, -0.15) is 0 Å². The minimum absolute atomic E-state index is 0.224. The molecule has 0 aliphatic heterocycles. The molecule has 0 amide bonds. The van der Waals surface area contributed by atoms with Crippen LogP contribution in [-0.2, 0) is 6.61 Å². The molecule has 130 valence electrons. The summed E-state index contributed by atoms with van der Waals surface area (Å²) in [5.74, 6) is 0.368. The number of ether oxygens (including phenoxy) is 1. The predicted octanol–water partition coefficient (Wildman–Crippen LogP) is 3.97. The Labute approximate surface area is 156 Å². The molecule has 26 heavy (non-hydrogen) atoms. The van der Waals surface area contributed by atoms with Crippen molar-refractivity contribution < 1.29 is 9.13 Å². The molecule has 0 fully saturated rings. The molecule has 4 aromatic rings. The molecule has 0 unspecified atom stereocenters. The van der Waals surface area contributed by atoms with E-state index in [0.29, 0.717) is 21.6 Å². The molecule has 2 aromatic carbocycles. The summed E-state index contributed by atoms with van der Waals surface area (Å²) in [5, 5.41) is 0. The van der Waals surface area contributed by atoms with Crippen molar-refractivity contribution >= 4 is 21.6 Å². The molecule has 0 atom stereocenters. The van der Waals surface area contributed by atoms with Gasteiger partial charge in [-0.1, -0.05) is 18.2 Å². The third-order valence-electron chi connectivity index (χ3n) is 3.91. The molecule has 0 bridgehead atoms. The molecule has 0 radical (unpaired) electrons. The molecule has 0 saturated carbocycles. The fourth-order valence-corrected chi connectivity index (χ4v) is 3.17. The first-order valence-electron chi connectivity index (χ1n) is 7.86. The number of hydrogen-bond donors (Lipinski definition) is 0. The third kappa shape index (κ3) is 3.01. The van der Waals surface area contributed by atoms with E-state index in [1.54, 1.807) is 24.4 Å². The number of para-hydroxylation sites is 1. The van der Waals surface area contributed by atoms with E-state index in [1.165, 1.54) is 21.1 Å². The molecule has 4 rings (SSSR count). The molecule has 2 aromatic heterocycles. The summed E-state index contributed by atoms with van der Waals surface area (Å²) in [6.45, 7) is 0.224. The van der Waals surface area contributed by atoms with Crippen LogP contribution in [0, 0.1) is 5.82 Å². The Hall–Kier alpha value is -2.93. The summed E-state index contributed by atoms with van der Waals surface area (Å²) in [7, 11) is 0. The van der Waals surface area contributed by atoms with Crippen molar-refractivity contribution in [3.05, 3.63) is 93.5 Å². The SMILES string of the molecule is O=c1n(-c2ccc(F)cc2)ccc2nc(COc3ccccc3)c(Br)n12. The maximum absolute atomic E-state index is 13.1. The lowest BCUT2D eigenvalue weighted by atomic mass is 10.3. The highest BCUT2D eigenvalue weighted by atomic mass is 79.9. The summed E-state index contributed by atoms with van der Waals surface area (Å²) in [4.78, 5) is 17.3. The van der Waals surface area contributed by atoms with Crippen LogP contribution >= 0.6 is 15.9 Å². The van der Waals surface area contributed by atoms with E-state index in [9.17, 15) is 9.18 Å². The van der Waals surface area contributed by atoms with E-state index in [4.69, 9.17) is 4.74 Å². The first kappa shape index (κ1) is 16.5. The fourth-order valence-electron chi connectivity index (χ4n) is 2.63. The summed E-state index contributed by atoms with van der Waals surface area (Å²) in [5.41, 5.74) is 1.38. The van der Waals surface area contributed by atoms with Crippen LogP contribution in [0.3, 0.4) is 0 Å². The first-order chi connectivity index (χ1) is 12.6. The minimum Gasteiger partial charge on any atom is -0.487 e. The molecule has 7 heteroatoms. The zero-order valence-electron chi connectivity index (χ0n) is 13.5. The van der Waals surface area contributed by atoms with Crippen molar-refractivity contribution in [1.29, 1.82) is 0 Å². The Balaban J connectivity index is 1.72. The molecule has 0 aliphatic carbocycles. The molecule has 0 N–H and O–H groups in total. The van der Waals surface area contributed by atoms with E-state index in [1.807, 2.05) is 30.3 Å². The van der Waals surface area contributed by atoms with Crippen LogP contribution < -0.4 is 10.4 Å². The Morgan fingerprint density at radius 1 is 1.04 bits per heavy atom. The molecule has 5 nitrogen and oxygen atoms in total. The third-order valence-corrected chi connectivity index (χ3v) is 4.72. The highest BCUT2D eigenvalue weighted by Crippen LogP contribution is 2.20. The Morgan fingerprint density at radius 3 is 2.50 bits per heavy atom. The van der Waals surface area contributed by atoms with E-state index < -0.39 is 0 Å². The van der Waals surface area contributed by atoms with Gasteiger partial charge >= 0.3 is 5.69 Å². The smallest absolute Gasteiger partial charge is 0.339 e. The largest absolute Gasteiger partial charge is 0.487 e. The number of aromatic nitrogens is 3. The Bertz CT molecular complexity index is 1120. The Morgan fingerprint density at radius 2 is 1.77 bits per heavy atom. The second-order valence-electron chi connectivity index (χ2n) is 5.59. The maximum atomic E-state index is 13.1. The zero-order chi connectivity index (χ0) is 18.1. The highest BCUT2D eigenvalue weighted by Gasteiger charge is 2.14. The average Bonchev–Trinajstić information content (AvgIpc) is 2.99. The molecular formula is C19H13BrFN3O2. The van der Waals surface area contributed by atoms with Crippen molar-refractivity contribution in [3.8, 4) is 11.4 Å². The number of benzene rings is 2. The molecular weight excluding hydrogens is 401 g/mol. The number of rotatable bonds is 4.